The van der Waals surface area contributed by atoms with Crippen LogP contribution in [0.1, 0.15) is 19.3 Å². The van der Waals surface area contributed by atoms with E-state index in [1.54, 1.807) is 31.4 Å². The van der Waals surface area contributed by atoms with Crippen molar-refractivity contribution in [1.82, 2.24) is 0 Å². The first kappa shape index (κ1) is 11.9. The van der Waals surface area contributed by atoms with Gasteiger partial charge >= 0.3 is 0 Å². The van der Waals surface area contributed by atoms with E-state index in [1.807, 2.05) is 0 Å². The van der Waals surface area contributed by atoms with Gasteiger partial charge in [-0.15, -0.1) is 0 Å². The van der Waals surface area contributed by atoms with Gasteiger partial charge in [0.25, 0.3) is 0 Å². The number of hydrogen-bond acceptors (Lipinski definition) is 3. The second kappa shape index (κ2) is 7.12. The van der Waals surface area contributed by atoms with Crippen LogP contribution >= 0.6 is 0 Å². The fraction of sp³-hybridized carbons (Fsp3) is 0.500. The molecule has 0 radical (unpaired) electrons. The van der Waals surface area contributed by atoms with Crippen molar-refractivity contribution in [3.8, 4) is 11.5 Å². The Morgan fingerprint density at radius 1 is 1.00 bits per heavy atom. The van der Waals surface area contributed by atoms with Crippen molar-refractivity contribution in [3.05, 3.63) is 24.3 Å². The number of benzene rings is 1. The lowest BCUT2D eigenvalue weighted by Crippen LogP contribution is -1.98. The lowest BCUT2D eigenvalue weighted by molar-refractivity contribution is 0.189. The highest BCUT2D eigenvalue weighted by Gasteiger charge is 1.94. The zero-order valence-corrected chi connectivity index (χ0v) is 9.11. The van der Waals surface area contributed by atoms with E-state index in [0.29, 0.717) is 6.61 Å². The third-order valence-electron chi connectivity index (χ3n) is 2.10. The summed E-state index contributed by atoms with van der Waals surface area (Å²) in [5.41, 5.74) is 0. The number of hydrogen-bond donors (Lipinski definition) is 1. The van der Waals surface area contributed by atoms with E-state index in [9.17, 15) is 0 Å². The summed E-state index contributed by atoms with van der Waals surface area (Å²) in [6.45, 7) is 1.54. The van der Waals surface area contributed by atoms with E-state index < -0.39 is 0 Å². The molecule has 3 nitrogen and oxygen atoms in total. The molecule has 1 N–H and O–H groups in total. The third-order valence-corrected chi connectivity index (χ3v) is 2.10. The quantitative estimate of drug-likeness (QED) is 0.703. The van der Waals surface area contributed by atoms with Crippen molar-refractivity contribution in [2.45, 2.75) is 19.3 Å². The van der Waals surface area contributed by atoms with Crippen LogP contribution in [0.2, 0.25) is 0 Å². The molecule has 84 valence electrons. The first-order valence-electron chi connectivity index (χ1n) is 5.23. The Kier molecular flexibility index (Phi) is 5.63. The van der Waals surface area contributed by atoms with Gasteiger partial charge in [0.2, 0.25) is 0 Å². The first-order valence-corrected chi connectivity index (χ1v) is 5.23. The molecule has 0 atom stereocenters. The molecule has 0 unspecified atom stereocenters. The molecule has 1 aromatic carbocycles. The predicted octanol–water partition coefficient (Wildman–Crippen LogP) is 2.59. The van der Waals surface area contributed by atoms with Crippen molar-refractivity contribution in [1.29, 1.82) is 0 Å². The maximum Gasteiger partial charge on any atom is 0.119 e. The Bertz CT molecular complexity index is 256. The molecule has 0 fully saturated rings. The SMILES string of the molecule is COCCCCCOc1ccc(O)cc1. The van der Waals surface area contributed by atoms with Gasteiger partial charge in [-0.3, -0.25) is 0 Å². The Balaban J connectivity index is 2.07. The molecule has 0 aliphatic heterocycles. The van der Waals surface area contributed by atoms with Crippen molar-refractivity contribution in [3.63, 3.8) is 0 Å². The van der Waals surface area contributed by atoms with Gasteiger partial charge in [-0.2, -0.15) is 0 Å². The number of unbranched alkanes of at least 4 members (excludes halogenated alkanes) is 2. The van der Waals surface area contributed by atoms with Crippen LogP contribution in [0.4, 0.5) is 0 Å². The molecule has 15 heavy (non-hydrogen) atoms. The van der Waals surface area contributed by atoms with E-state index in [0.717, 1.165) is 31.6 Å². The normalized spacial score (nSPS) is 10.2. The van der Waals surface area contributed by atoms with Gasteiger partial charge in [0.05, 0.1) is 6.61 Å². The summed E-state index contributed by atoms with van der Waals surface area (Å²) in [4.78, 5) is 0. The number of methoxy groups -OCH3 is 1. The van der Waals surface area contributed by atoms with Gasteiger partial charge in [-0.1, -0.05) is 0 Å². The van der Waals surface area contributed by atoms with Crippen LogP contribution in [0.15, 0.2) is 24.3 Å². The molecule has 0 saturated heterocycles. The van der Waals surface area contributed by atoms with Gasteiger partial charge in [0.1, 0.15) is 11.5 Å². The molecule has 0 spiro atoms. The Hall–Kier alpha value is -1.22. The largest absolute Gasteiger partial charge is 0.508 e. The molecule has 1 aromatic rings. The monoisotopic (exact) mass is 210 g/mol. The highest BCUT2D eigenvalue weighted by molar-refractivity contribution is 5.29. The lowest BCUT2D eigenvalue weighted by Gasteiger charge is -2.05. The van der Waals surface area contributed by atoms with E-state index in [2.05, 4.69) is 0 Å². The van der Waals surface area contributed by atoms with E-state index in [1.165, 1.54) is 0 Å². The summed E-state index contributed by atoms with van der Waals surface area (Å²) in [7, 11) is 1.72. The predicted molar refractivity (Wildman–Crippen MR) is 59.3 cm³/mol. The number of phenolic OH excluding ortho intramolecular Hbond substituents is 1. The van der Waals surface area contributed by atoms with Crippen LogP contribution in [0, 0.1) is 0 Å². The minimum Gasteiger partial charge on any atom is -0.508 e. The van der Waals surface area contributed by atoms with Crippen molar-refractivity contribution in [2.75, 3.05) is 20.3 Å². The number of ether oxygens (including phenoxy) is 2. The van der Waals surface area contributed by atoms with E-state index in [4.69, 9.17) is 14.6 Å². The molecule has 3 heteroatoms. The second-order valence-corrected chi connectivity index (χ2v) is 3.40. The molecule has 0 aliphatic rings. The fourth-order valence-corrected chi connectivity index (χ4v) is 1.26. The smallest absolute Gasteiger partial charge is 0.119 e. The van der Waals surface area contributed by atoms with Gasteiger partial charge < -0.3 is 14.6 Å². The summed E-state index contributed by atoms with van der Waals surface area (Å²) in [6.07, 6.45) is 3.23. The zero-order chi connectivity index (χ0) is 10.9. The Morgan fingerprint density at radius 3 is 2.33 bits per heavy atom. The van der Waals surface area contributed by atoms with Gasteiger partial charge in [-0.25, -0.2) is 0 Å². The molecule has 0 aromatic heterocycles. The third kappa shape index (κ3) is 5.27. The second-order valence-electron chi connectivity index (χ2n) is 3.40. The standard InChI is InChI=1S/C12H18O3/c1-14-9-3-2-4-10-15-12-7-5-11(13)6-8-12/h5-8,13H,2-4,9-10H2,1H3. The Morgan fingerprint density at radius 2 is 1.67 bits per heavy atom. The Labute approximate surface area is 90.6 Å². The van der Waals surface area contributed by atoms with Gasteiger partial charge in [0, 0.05) is 13.7 Å². The summed E-state index contributed by atoms with van der Waals surface area (Å²) >= 11 is 0. The van der Waals surface area contributed by atoms with E-state index >= 15 is 0 Å². The van der Waals surface area contributed by atoms with E-state index in [-0.39, 0.29) is 5.75 Å². The lowest BCUT2D eigenvalue weighted by atomic mass is 10.2. The maximum atomic E-state index is 9.06. The molecule has 0 aliphatic carbocycles. The molecule has 0 bridgehead atoms. The van der Waals surface area contributed by atoms with Crippen LogP contribution in [-0.2, 0) is 4.74 Å². The van der Waals surface area contributed by atoms with Crippen LogP contribution in [0.5, 0.6) is 11.5 Å². The molecule has 1 rings (SSSR count). The summed E-state index contributed by atoms with van der Waals surface area (Å²) in [6, 6.07) is 6.79. The average Bonchev–Trinajstić information content (AvgIpc) is 2.26. The summed E-state index contributed by atoms with van der Waals surface area (Å²) in [5, 5.41) is 9.06. The van der Waals surface area contributed by atoms with Crippen LogP contribution in [0.25, 0.3) is 0 Å². The molecule has 0 heterocycles. The fourth-order valence-electron chi connectivity index (χ4n) is 1.26. The van der Waals surface area contributed by atoms with Crippen molar-refractivity contribution in [2.24, 2.45) is 0 Å². The minimum atomic E-state index is 0.266. The highest BCUT2D eigenvalue weighted by atomic mass is 16.5. The highest BCUT2D eigenvalue weighted by Crippen LogP contribution is 2.16. The molecule has 0 saturated carbocycles. The van der Waals surface area contributed by atoms with Gasteiger partial charge in [0.15, 0.2) is 0 Å². The zero-order valence-electron chi connectivity index (χ0n) is 9.11. The van der Waals surface area contributed by atoms with Gasteiger partial charge in [-0.05, 0) is 43.5 Å². The topological polar surface area (TPSA) is 38.7 Å². The minimum absolute atomic E-state index is 0.266. The number of aromatic hydroxyl groups is 1. The molecular formula is C12H18O3. The number of rotatable bonds is 7. The molecule has 0 amide bonds. The average molecular weight is 210 g/mol. The summed E-state index contributed by atoms with van der Waals surface area (Å²) in [5.74, 6) is 1.07. The van der Waals surface area contributed by atoms with Crippen molar-refractivity contribution >= 4 is 0 Å². The van der Waals surface area contributed by atoms with Crippen LogP contribution in [0.3, 0.4) is 0 Å². The van der Waals surface area contributed by atoms with Crippen molar-refractivity contribution < 1.29 is 14.6 Å². The maximum absolute atomic E-state index is 9.06. The first-order chi connectivity index (χ1) is 7.33. The van der Waals surface area contributed by atoms with Crippen LogP contribution in [-0.4, -0.2) is 25.4 Å². The number of phenols is 1. The summed E-state index contributed by atoms with van der Waals surface area (Å²) < 4.78 is 10.4. The molecular weight excluding hydrogens is 192 g/mol. The van der Waals surface area contributed by atoms with Crippen LogP contribution < -0.4 is 4.74 Å².